The lowest BCUT2D eigenvalue weighted by Gasteiger charge is -2.21. The summed E-state index contributed by atoms with van der Waals surface area (Å²) in [4.78, 5) is 25.8. The van der Waals surface area contributed by atoms with Gasteiger partial charge in [0.05, 0.1) is 13.1 Å². The number of carbonyl (C=O) groups excluding carboxylic acids is 2. The normalized spacial score (nSPS) is 12.2. The first-order chi connectivity index (χ1) is 11.4. The van der Waals surface area contributed by atoms with Crippen LogP contribution in [0.5, 0.6) is 0 Å². The van der Waals surface area contributed by atoms with E-state index in [1.807, 2.05) is 50.8 Å². The predicted molar refractivity (Wildman–Crippen MR) is 97.8 cm³/mol. The van der Waals surface area contributed by atoms with Crippen molar-refractivity contribution in [2.24, 2.45) is 0 Å². The highest BCUT2D eigenvalue weighted by Gasteiger charge is 2.15. The largest absolute Gasteiger partial charge is 0.353 e. The Morgan fingerprint density at radius 1 is 1.00 bits per heavy atom. The van der Waals surface area contributed by atoms with Crippen molar-refractivity contribution < 1.29 is 9.59 Å². The smallest absolute Gasteiger partial charge is 0.234 e. The van der Waals surface area contributed by atoms with E-state index in [0.29, 0.717) is 6.54 Å². The number of nitrogens with one attached hydrogen (secondary N) is 2. The summed E-state index contributed by atoms with van der Waals surface area (Å²) in [6, 6.07) is 10.5. The molecule has 1 aromatic carbocycles. The van der Waals surface area contributed by atoms with Gasteiger partial charge in [0.25, 0.3) is 0 Å². The Kier molecular flexibility index (Phi) is 9.08. The molecule has 2 N–H and O–H groups in total. The van der Waals surface area contributed by atoms with Gasteiger partial charge in [-0.05, 0) is 45.7 Å². The van der Waals surface area contributed by atoms with Crippen LogP contribution < -0.4 is 10.6 Å². The third-order valence-electron chi connectivity index (χ3n) is 3.75. The molecule has 0 aliphatic carbocycles. The summed E-state index contributed by atoms with van der Waals surface area (Å²) >= 11 is 0. The van der Waals surface area contributed by atoms with E-state index in [9.17, 15) is 9.59 Å². The molecule has 0 aromatic heterocycles. The minimum atomic E-state index is -0.0447. The number of hydrogen-bond donors (Lipinski definition) is 2. The van der Waals surface area contributed by atoms with Gasteiger partial charge in [0.1, 0.15) is 0 Å². The van der Waals surface area contributed by atoms with Crippen molar-refractivity contribution in [3.05, 3.63) is 35.9 Å². The molecule has 0 aliphatic rings. The number of benzene rings is 1. The molecule has 1 atom stereocenters. The Balaban J connectivity index is 2.33. The molecular formula is C19H31N3O2. The van der Waals surface area contributed by atoms with Crippen LogP contribution in [0.4, 0.5) is 0 Å². The molecule has 134 valence electrons. The monoisotopic (exact) mass is 333 g/mol. The minimum absolute atomic E-state index is 0.0326. The molecule has 0 saturated heterocycles. The van der Waals surface area contributed by atoms with Gasteiger partial charge in [-0.1, -0.05) is 37.3 Å². The van der Waals surface area contributed by atoms with Gasteiger partial charge < -0.3 is 10.6 Å². The van der Waals surface area contributed by atoms with E-state index in [1.54, 1.807) is 0 Å². The Bertz CT molecular complexity index is 503. The SMILES string of the molecule is CCN(CC(=O)NC(C)C)CC(=O)N[C@@H](C)CCc1ccccc1. The molecule has 0 bridgehead atoms. The second-order valence-electron chi connectivity index (χ2n) is 6.52. The van der Waals surface area contributed by atoms with Crippen molar-refractivity contribution in [3.63, 3.8) is 0 Å². The Labute approximate surface area is 145 Å². The molecule has 5 heteroatoms. The maximum atomic E-state index is 12.2. The third kappa shape index (κ3) is 8.67. The van der Waals surface area contributed by atoms with E-state index < -0.39 is 0 Å². The fourth-order valence-electron chi connectivity index (χ4n) is 2.47. The van der Waals surface area contributed by atoms with Crippen molar-refractivity contribution in [1.82, 2.24) is 15.5 Å². The van der Waals surface area contributed by atoms with Crippen LogP contribution in [0.25, 0.3) is 0 Å². The van der Waals surface area contributed by atoms with E-state index in [1.165, 1.54) is 5.56 Å². The van der Waals surface area contributed by atoms with Gasteiger partial charge in [-0.2, -0.15) is 0 Å². The molecule has 1 rings (SSSR count). The Morgan fingerprint density at radius 2 is 1.58 bits per heavy atom. The number of hydrogen-bond acceptors (Lipinski definition) is 3. The number of aryl methyl sites for hydroxylation is 1. The highest BCUT2D eigenvalue weighted by molar-refractivity contribution is 5.81. The molecule has 0 radical (unpaired) electrons. The van der Waals surface area contributed by atoms with Crippen LogP contribution in [0.15, 0.2) is 30.3 Å². The molecule has 1 aromatic rings. The summed E-state index contributed by atoms with van der Waals surface area (Å²) in [5, 5.41) is 5.86. The van der Waals surface area contributed by atoms with Crippen LogP contribution in [0.1, 0.15) is 39.7 Å². The van der Waals surface area contributed by atoms with E-state index in [-0.39, 0.29) is 37.0 Å². The highest BCUT2D eigenvalue weighted by Crippen LogP contribution is 2.04. The first-order valence-electron chi connectivity index (χ1n) is 8.75. The molecule has 0 heterocycles. The van der Waals surface area contributed by atoms with E-state index in [2.05, 4.69) is 22.8 Å². The first kappa shape index (κ1) is 20.2. The van der Waals surface area contributed by atoms with Gasteiger partial charge in [-0.15, -0.1) is 0 Å². The van der Waals surface area contributed by atoms with Crippen LogP contribution in [-0.4, -0.2) is 48.4 Å². The molecule has 24 heavy (non-hydrogen) atoms. The van der Waals surface area contributed by atoms with Crippen LogP contribution in [0, 0.1) is 0 Å². The number of amides is 2. The molecule has 2 amide bonds. The summed E-state index contributed by atoms with van der Waals surface area (Å²) in [6.45, 7) is 8.98. The van der Waals surface area contributed by atoms with Crippen LogP contribution in [0.3, 0.4) is 0 Å². The zero-order chi connectivity index (χ0) is 17.9. The topological polar surface area (TPSA) is 61.4 Å². The fraction of sp³-hybridized carbons (Fsp3) is 0.579. The summed E-state index contributed by atoms with van der Waals surface area (Å²) in [5.41, 5.74) is 1.28. The molecule has 5 nitrogen and oxygen atoms in total. The van der Waals surface area contributed by atoms with Gasteiger partial charge in [-0.25, -0.2) is 0 Å². The predicted octanol–water partition coefficient (Wildman–Crippen LogP) is 1.97. The van der Waals surface area contributed by atoms with E-state index >= 15 is 0 Å². The number of rotatable bonds is 10. The van der Waals surface area contributed by atoms with Crippen LogP contribution in [0.2, 0.25) is 0 Å². The second kappa shape index (κ2) is 10.8. The lowest BCUT2D eigenvalue weighted by molar-refractivity contribution is -0.125. The Morgan fingerprint density at radius 3 is 2.12 bits per heavy atom. The first-order valence-corrected chi connectivity index (χ1v) is 8.75. The van der Waals surface area contributed by atoms with Gasteiger partial charge >= 0.3 is 0 Å². The van der Waals surface area contributed by atoms with Crippen LogP contribution in [-0.2, 0) is 16.0 Å². The maximum Gasteiger partial charge on any atom is 0.234 e. The fourth-order valence-corrected chi connectivity index (χ4v) is 2.47. The minimum Gasteiger partial charge on any atom is -0.353 e. The van der Waals surface area contributed by atoms with Crippen LogP contribution >= 0.6 is 0 Å². The van der Waals surface area contributed by atoms with Gasteiger partial charge in [0.15, 0.2) is 0 Å². The van der Waals surface area contributed by atoms with E-state index in [0.717, 1.165) is 12.8 Å². The molecule has 0 fully saturated rings. The zero-order valence-electron chi connectivity index (χ0n) is 15.3. The average Bonchev–Trinajstić information content (AvgIpc) is 2.52. The Hall–Kier alpha value is -1.88. The van der Waals surface area contributed by atoms with Gasteiger partial charge in [0, 0.05) is 12.1 Å². The molecule has 0 saturated carbocycles. The molecular weight excluding hydrogens is 302 g/mol. The molecule has 0 aliphatic heterocycles. The number of carbonyl (C=O) groups is 2. The maximum absolute atomic E-state index is 12.2. The van der Waals surface area contributed by atoms with Crippen molar-refractivity contribution in [2.75, 3.05) is 19.6 Å². The lowest BCUT2D eigenvalue weighted by atomic mass is 10.1. The number of likely N-dealkylation sites (N-methyl/N-ethyl adjacent to an activating group) is 1. The van der Waals surface area contributed by atoms with Crippen molar-refractivity contribution in [2.45, 2.75) is 52.6 Å². The summed E-state index contributed by atoms with van der Waals surface area (Å²) in [6.07, 6.45) is 1.84. The highest BCUT2D eigenvalue weighted by atomic mass is 16.2. The summed E-state index contributed by atoms with van der Waals surface area (Å²) in [7, 11) is 0. The van der Waals surface area contributed by atoms with Gasteiger partial charge in [-0.3, -0.25) is 14.5 Å². The van der Waals surface area contributed by atoms with Crippen molar-refractivity contribution in [3.8, 4) is 0 Å². The summed E-state index contributed by atoms with van der Waals surface area (Å²) < 4.78 is 0. The van der Waals surface area contributed by atoms with Crippen molar-refractivity contribution in [1.29, 1.82) is 0 Å². The van der Waals surface area contributed by atoms with Gasteiger partial charge in [0.2, 0.25) is 11.8 Å². The summed E-state index contributed by atoms with van der Waals surface area (Å²) in [5.74, 6) is -0.0773. The third-order valence-corrected chi connectivity index (χ3v) is 3.75. The number of nitrogens with zero attached hydrogens (tertiary/aromatic N) is 1. The quantitative estimate of drug-likeness (QED) is 0.688. The zero-order valence-corrected chi connectivity index (χ0v) is 15.3. The molecule has 0 spiro atoms. The molecule has 0 unspecified atom stereocenters. The lowest BCUT2D eigenvalue weighted by Crippen LogP contribution is -2.45. The second-order valence-corrected chi connectivity index (χ2v) is 6.52. The van der Waals surface area contributed by atoms with Crippen molar-refractivity contribution >= 4 is 11.8 Å². The average molecular weight is 333 g/mol. The van der Waals surface area contributed by atoms with E-state index in [4.69, 9.17) is 0 Å². The standard InChI is InChI=1S/C19H31N3O2/c1-5-22(13-18(23)20-15(2)3)14-19(24)21-16(4)11-12-17-9-7-6-8-10-17/h6-10,15-16H,5,11-14H2,1-4H3,(H,20,23)(H,21,24)/t16-/m0/s1.